The van der Waals surface area contributed by atoms with Crippen LogP contribution in [0.4, 0.5) is 0 Å². The summed E-state index contributed by atoms with van der Waals surface area (Å²) >= 11 is 0. The molecule has 2 amide bonds. The minimum Gasteiger partial charge on any atom is -0.348 e. The maximum atomic E-state index is 11.2. The highest BCUT2D eigenvalue weighted by Crippen LogP contribution is 2.28. The molecule has 4 N–H and O–H groups in total. The van der Waals surface area contributed by atoms with E-state index in [2.05, 4.69) is 10.6 Å². The van der Waals surface area contributed by atoms with Crippen LogP contribution in [0.15, 0.2) is 0 Å². The van der Waals surface area contributed by atoms with Crippen LogP contribution in [0.5, 0.6) is 0 Å². The van der Waals surface area contributed by atoms with E-state index in [0.29, 0.717) is 19.6 Å². The van der Waals surface area contributed by atoms with E-state index in [1.54, 1.807) is 0 Å². The van der Waals surface area contributed by atoms with Crippen molar-refractivity contribution in [2.75, 3.05) is 19.6 Å². The molecule has 0 radical (unpaired) electrons. The monoisotopic (exact) mass is 213 g/mol. The summed E-state index contributed by atoms with van der Waals surface area (Å²) in [7, 11) is 0. The number of hydrogen-bond donors (Lipinski definition) is 3. The first-order valence-corrected chi connectivity index (χ1v) is 5.50. The molecule has 0 saturated heterocycles. The van der Waals surface area contributed by atoms with E-state index in [1.165, 1.54) is 19.3 Å². The molecular weight excluding hydrogens is 194 g/mol. The average molecular weight is 213 g/mol. The molecule has 86 valence electrons. The van der Waals surface area contributed by atoms with Crippen molar-refractivity contribution in [2.45, 2.75) is 25.7 Å². The van der Waals surface area contributed by atoms with Crippen molar-refractivity contribution >= 4 is 11.8 Å². The molecular formula is C10H19N3O2. The quantitative estimate of drug-likeness (QED) is 0.531. The van der Waals surface area contributed by atoms with Gasteiger partial charge in [0, 0.05) is 19.6 Å². The van der Waals surface area contributed by atoms with Crippen LogP contribution in [0, 0.1) is 5.92 Å². The Balaban J connectivity index is 2.03. The molecule has 5 heteroatoms. The minimum absolute atomic E-state index is 0.342. The van der Waals surface area contributed by atoms with Crippen LogP contribution in [-0.4, -0.2) is 31.4 Å². The van der Waals surface area contributed by atoms with Crippen molar-refractivity contribution in [2.24, 2.45) is 11.7 Å². The molecule has 1 aliphatic carbocycles. The molecule has 0 aromatic carbocycles. The topological polar surface area (TPSA) is 84.2 Å². The van der Waals surface area contributed by atoms with Gasteiger partial charge in [-0.2, -0.15) is 0 Å². The van der Waals surface area contributed by atoms with E-state index in [-0.39, 0.29) is 0 Å². The molecule has 0 unspecified atom stereocenters. The van der Waals surface area contributed by atoms with Crippen molar-refractivity contribution < 1.29 is 9.59 Å². The minimum atomic E-state index is -0.589. The van der Waals surface area contributed by atoms with Crippen LogP contribution in [0.3, 0.4) is 0 Å². The average Bonchev–Trinajstić information content (AvgIpc) is 2.17. The van der Waals surface area contributed by atoms with Gasteiger partial charge in [-0.1, -0.05) is 19.3 Å². The number of amides is 2. The Kier molecular flexibility index (Phi) is 5.10. The van der Waals surface area contributed by atoms with Gasteiger partial charge in [0.15, 0.2) is 0 Å². The SMILES string of the molecule is NCCNC(=O)C(=O)NCCC1CCC1. The van der Waals surface area contributed by atoms with Gasteiger partial charge in [0.05, 0.1) is 0 Å². The largest absolute Gasteiger partial charge is 0.348 e. The Hall–Kier alpha value is -1.10. The molecule has 0 aliphatic heterocycles. The Bertz CT molecular complexity index is 227. The molecule has 0 bridgehead atoms. The molecule has 0 atom stereocenters. The van der Waals surface area contributed by atoms with E-state index in [1.807, 2.05) is 0 Å². The molecule has 1 saturated carbocycles. The van der Waals surface area contributed by atoms with E-state index >= 15 is 0 Å². The number of nitrogens with two attached hydrogens (primary N) is 1. The summed E-state index contributed by atoms with van der Waals surface area (Å²) in [6.07, 6.45) is 4.80. The maximum Gasteiger partial charge on any atom is 0.309 e. The number of carbonyl (C=O) groups excluding carboxylic acids is 2. The van der Waals surface area contributed by atoms with Gasteiger partial charge < -0.3 is 16.4 Å². The van der Waals surface area contributed by atoms with Crippen LogP contribution >= 0.6 is 0 Å². The van der Waals surface area contributed by atoms with Crippen LogP contribution in [0.1, 0.15) is 25.7 Å². The lowest BCUT2D eigenvalue weighted by atomic mass is 9.83. The van der Waals surface area contributed by atoms with Crippen molar-refractivity contribution in [3.63, 3.8) is 0 Å². The third-order valence-electron chi connectivity index (χ3n) is 2.70. The predicted molar refractivity (Wildman–Crippen MR) is 57.0 cm³/mol. The lowest BCUT2D eigenvalue weighted by molar-refractivity contribution is -0.139. The smallest absolute Gasteiger partial charge is 0.309 e. The number of hydrogen-bond acceptors (Lipinski definition) is 3. The zero-order valence-corrected chi connectivity index (χ0v) is 8.92. The molecule has 15 heavy (non-hydrogen) atoms. The molecule has 5 nitrogen and oxygen atoms in total. The molecule has 1 rings (SSSR count). The van der Waals surface area contributed by atoms with Crippen LogP contribution in [0.25, 0.3) is 0 Å². The summed E-state index contributed by atoms with van der Waals surface area (Å²) in [6, 6.07) is 0. The zero-order valence-electron chi connectivity index (χ0n) is 8.92. The van der Waals surface area contributed by atoms with Gasteiger partial charge in [-0.25, -0.2) is 0 Å². The molecule has 0 aromatic rings. The van der Waals surface area contributed by atoms with E-state index in [0.717, 1.165) is 12.3 Å². The van der Waals surface area contributed by atoms with Gasteiger partial charge in [-0.05, 0) is 12.3 Å². The first-order valence-electron chi connectivity index (χ1n) is 5.50. The highest BCUT2D eigenvalue weighted by Gasteiger charge is 2.18. The van der Waals surface area contributed by atoms with Gasteiger partial charge in [0.1, 0.15) is 0 Å². The van der Waals surface area contributed by atoms with Gasteiger partial charge in [-0.15, -0.1) is 0 Å². The van der Waals surface area contributed by atoms with Crippen molar-refractivity contribution in [3.8, 4) is 0 Å². The summed E-state index contributed by atoms with van der Waals surface area (Å²) in [5.41, 5.74) is 5.20. The Morgan fingerprint density at radius 2 is 1.73 bits per heavy atom. The highest BCUT2D eigenvalue weighted by atomic mass is 16.2. The maximum absolute atomic E-state index is 11.2. The lowest BCUT2D eigenvalue weighted by Crippen LogP contribution is -2.42. The number of carbonyl (C=O) groups is 2. The van der Waals surface area contributed by atoms with Crippen LogP contribution in [-0.2, 0) is 9.59 Å². The molecule has 0 heterocycles. The highest BCUT2D eigenvalue weighted by molar-refractivity contribution is 6.35. The van der Waals surface area contributed by atoms with E-state index < -0.39 is 11.8 Å². The lowest BCUT2D eigenvalue weighted by Gasteiger charge is -2.24. The third-order valence-corrected chi connectivity index (χ3v) is 2.70. The first-order chi connectivity index (χ1) is 7.24. The van der Waals surface area contributed by atoms with Crippen LogP contribution < -0.4 is 16.4 Å². The molecule has 1 aliphatic rings. The fourth-order valence-electron chi connectivity index (χ4n) is 1.52. The van der Waals surface area contributed by atoms with Crippen LogP contribution in [0.2, 0.25) is 0 Å². The summed E-state index contributed by atoms with van der Waals surface area (Å²) < 4.78 is 0. The second-order valence-electron chi connectivity index (χ2n) is 3.89. The van der Waals surface area contributed by atoms with E-state index in [9.17, 15) is 9.59 Å². The molecule has 0 spiro atoms. The molecule has 1 fully saturated rings. The van der Waals surface area contributed by atoms with Gasteiger partial charge in [-0.3, -0.25) is 9.59 Å². The fraction of sp³-hybridized carbons (Fsp3) is 0.800. The third kappa shape index (κ3) is 4.29. The van der Waals surface area contributed by atoms with Crippen molar-refractivity contribution in [1.29, 1.82) is 0 Å². The summed E-state index contributed by atoms with van der Waals surface area (Å²) in [4.78, 5) is 22.3. The molecule has 0 aromatic heterocycles. The van der Waals surface area contributed by atoms with Crippen molar-refractivity contribution in [3.05, 3.63) is 0 Å². The Morgan fingerprint density at radius 3 is 2.20 bits per heavy atom. The van der Waals surface area contributed by atoms with Crippen molar-refractivity contribution in [1.82, 2.24) is 10.6 Å². The number of nitrogens with one attached hydrogen (secondary N) is 2. The Morgan fingerprint density at radius 1 is 1.13 bits per heavy atom. The normalized spacial score (nSPS) is 15.5. The first kappa shape index (κ1) is 12.0. The second-order valence-corrected chi connectivity index (χ2v) is 3.89. The number of rotatable bonds is 5. The summed E-state index contributed by atoms with van der Waals surface area (Å²) in [6.45, 7) is 1.29. The Labute approximate surface area is 89.8 Å². The van der Waals surface area contributed by atoms with E-state index in [4.69, 9.17) is 5.73 Å². The van der Waals surface area contributed by atoms with Gasteiger partial charge >= 0.3 is 11.8 Å². The van der Waals surface area contributed by atoms with Gasteiger partial charge in [0.25, 0.3) is 0 Å². The zero-order chi connectivity index (χ0) is 11.1. The summed E-state index contributed by atoms with van der Waals surface area (Å²) in [5, 5.41) is 5.02. The predicted octanol–water partition coefficient (Wildman–Crippen LogP) is -0.632. The standard InChI is InChI=1S/C10H19N3O2/c11-5-7-13-10(15)9(14)12-6-4-8-2-1-3-8/h8H,1-7,11H2,(H,12,14)(H,13,15). The van der Waals surface area contributed by atoms with Gasteiger partial charge in [0.2, 0.25) is 0 Å². The second kappa shape index (κ2) is 6.40. The summed E-state index contributed by atoms with van der Waals surface area (Å²) in [5.74, 6) is -0.394. The fourth-order valence-corrected chi connectivity index (χ4v) is 1.52.